The van der Waals surface area contributed by atoms with Gasteiger partial charge in [0.15, 0.2) is 29.3 Å². The number of carboxylic acid groups (broad SMARTS) is 1. The van der Waals surface area contributed by atoms with Crippen LogP contribution in [-0.2, 0) is 38.6 Å². The number of oxime groups is 1. The van der Waals surface area contributed by atoms with Gasteiger partial charge in [0.2, 0.25) is 0 Å². The summed E-state index contributed by atoms with van der Waals surface area (Å²) < 4.78 is 2.10. The molecule has 0 bridgehead atoms. The molecule has 2 amide bonds. The Hall–Kier alpha value is -3.45. The van der Waals surface area contributed by atoms with Crippen LogP contribution in [0.25, 0.3) is 0 Å². The van der Waals surface area contributed by atoms with E-state index in [0.717, 1.165) is 37.0 Å². The van der Waals surface area contributed by atoms with Crippen molar-refractivity contribution in [3.63, 3.8) is 0 Å². The topological polar surface area (TPSA) is 151 Å². The van der Waals surface area contributed by atoms with E-state index in [1.807, 2.05) is 12.3 Å². The maximum atomic E-state index is 13.1. The van der Waals surface area contributed by atoms with Crippen LogP contribution in [0.15, 0.2) is 40.1 Å². The highest BCUT2D eigenvalue weighted by Gasteiger charge is 2.55. The lowest BCUT2D eigenvalue weighted by atomic mass is 9.95. The molecule has 3 aliphatic rings. The van der Waals surface area contributed by atoms with E-state index in [4.69, 9.17) is 10.6 Å². The SMILES string of the molecule is CO/N=C(/C(=O)N[C@@H]1C(=O)N2C(C(=O)O)=C(C[n+]3cccc4c3CCCC4)CS[C@H]12)c1csc(N)n1. The Kier molecular flexibility index (Phi) is 6.67. The number of aromatic nitrogens is 2. The number of nitrogens with two attached hydrogens (primary N) is 1. The maximum absolute atomic E-state index is 13.1. The fraction of sp³-hybridized carbons (Fsp3) is 0.391. The van der Waals surface area contributed by atoms with Gasteiger partial charge in [-0.25, -0.2) is 9.78 Å². The first-order chi connectivity index (χ1) is 17.4. The number of pyridine rings is 1. The van der Waals surface area contributed by atoms with E-state index in [-0.39, 0.29) is 22.2 Å². The summed E-state index contributed by atoms with van der Waals surface area (Å²) in [5.74, 6) is -1.86. The van der Waals surface area contributed by atoms with E-state index in [0.29, 0.717) is 17.9 Å². The summed E-state index contributed by atoms with van der Waals surface area (Å²) in [5, 5.41) is 17.7. The van der Waals surface area contributed by atoms with Crippen LogP contribution in [0.1, 0.15) is 29.8 Å². The monoisotopic (exact) mass is 529 g/mol. The number of carbonyl (C=O) groups is 3. The number of carbonyl (C=O) groups excluding carboxylic acids is 2. The Labute approximate surface area is 215 Å². The summed E-state index contributed by atoms with van der Waals surface area (Å²) >= 11 is 2.57. The molecular formula is C23H25N6O5S2+. The van der Waals surface area contributed by atoms with E-state index < -0.39 is 29.2 Å². The van der Waals surface area contributed by atoms with Crippen molar-refractivity contribution in [3.05, 3.63) is 51.9 Å². The predicted octanol–water partition coefficient (Wildman–Crippen LogP) is 0.681. The Morgan fingerprint density at radius 3 is 2.92 bits per heavy atom. The normalized spacial score (nSPS) is 21.4. The van der Waals surface area contributed by atoms with Crippen molar-refractivity contribution in [3.8, 4) is 0 Å². The summed E-state index contributed by atoms with van der Waals surface area (Å²) in [5.41, 5.74) is 8.96. The number of hydrogen-bond acceptors (Lipinski definition) is 9. The third-order valence-corrected chi connectivity index (χ3v) is 8.46. The van der Waals surface area contributed by atoms with Gasteiger partial charge in [0.25, 0.3) is 11.8 Å². The highest BCUT2D eigenvalue weighted by atomic mass is 32.2. The van der Waals surface area contributed by atoms with Crippen molar-refractivity contribution in [1.82, 2.24) is 15.2 Å². The number of thiazole rings is 1. The largest absolute Gasteiger partial charge is 0.477 e. The minimum Gasteiger partial charge on any atom is -0.477 e. The Bertz CT molecular complexity index is 1310. The van der Waals surface area contributed by atoms with Crippen LogP contribution in [0.2, 0.25) is 0 Å². The molecule has 0 unspecified atom stereocenters. The molecule has 0 aromatic carbocycles. The van der Waals surface area contributed by atoms with Crippen molar-refractivity contribution in [2.75, 3.05) is 18.6 Å². The van der Waals surface area contributed by atoms with Crippen molar-refractivity contribution in [2.24, 2.45) is 5.16 Å². The van der Waals surface area contributed by atoms with E-state index in [9.17, 15) is 19.5 Å². The number of fused-ring (bicyclic) bond motifs is 2. The molecule has 0 saturated carbocycles. The minimum atomic E-state index is -1.15. The molecule has 0 spiro atoms. The summed E-state index contributed by atoms with van der Waals surface area (Å²) in [6, 6.07) is 3.21. The van der Waals surface area contributed by atoms with Gasteiger partial charge in [0.1, 0.15) is 29.9 Å². The quantitative estimate of drug-likeness (QED) is 0.205. The summed E-state index contributed by atoms with van der Waals surface area (Å²) in [6.45, 7) is 0.404. The Morgan fingerprint density at radius 2 is 2.19 bits per heavy atom. The molecule has 4 heterocycles. The van der Waals surface area contributed by atoms with E-state index in [1.54, 1.807) is 5.38 Å². The number of carboxylic acids is 1. The molecule has 11 nitrogen and oxygen atoms in total. The zero-order valence-corrected chi connectivity index (χ0v) is 21.1. The van der Waals surface area contributed by atoms with Crippen LogP contribution < -0.4 is 15.6 Å². The van der Waals surface area contributed by atoms with Crippen LogP contribution in [0.5, 0.6) is 0 Å². The van der Waals surface area contributed by atoms with Gasteiger partial charge in [0, 0.05) is 34.8 Å². The van der Waals surface area contributed by atoms with Gasteiger partial charge in [-0.05, 0) is 25.3 Å². The van der Waals surface area contributed by atoms with Gasteiger partial charge < -0.3 is 21.0 Å². The molecule has 1 saturated heterocycles. The fourth-order valence-corrected chi connectivity index (χ4v) is 6.72. The molecular weight excluding hydrogens is 504 g/mol. The Balaban J connectivity index is 1.36. The van der Waals surface area contributed by atoms with Gasteiger partial charge in [0.05, 0.1) is 0 Å². The number of hydrogen-bond donors (Lipinski definition) is 3. The van der Waals surface area contributed by atoms with Gasteiger partial charge in [-0.3, -0.25) is 14.5 Å². The van der Waals surface area contributed by atoms with Gasteiger partial charge in [-0.1, -0.05) is 5.16 Å². The number of nitrogens with one attached hydrogen (secondary N) is 1. The van der Waals surface area contributed by atoms with E-state index in [1.165, 1.54) is 35.0 Å². The number of aryl methyl sites for hydroxylation is 1. The molecule has 2 aromatic heterocycles. The smallest absolute Gasteiger partial charge is 0.352 e. The molecule has 13 heteroatoms. The van der Waals surface area contributed by atoms with E-state index in [2.05, 4.69) is 26.1 Å². The molecule has 36 heavy (non-hydrogen) atoms. The van der Waals surface area contributed by atoms with E-state index >= 15 is 0 Å². The molecule has 1 fully saturated rings. The van der Waals surface area contributed by atoms with Crippen LogP contribution >= 0.6 is 23.1 Å². The second-order valence-corrected chi connectivity index (χ2v) is 10.6. The molecule has 0 radical (unpaired) electrons. The number of nitrogen functional groups attached to an aromatic ring is 1. The van der Waals surface area contributed by atoms with Crippen LogP contribution in [0.4, 0.5) is 5.13 Å². The number of β-lactam (4-membered cyclic amide) rings is 1. The molecule has 1 aliphatic carbocycles. The number of rotatable bonds is 7. The lowest BCUT2D eigenvalue weighted by Crippen LogP contribution is -2.71. The summed E-state index contributed by atoms with van der Waals surface area (Å²) in [4.78, 5) is 48.4. The van der Waals surface area contributed by atoms with Gasteiger partial charge in [-0.2, -0.15) is 4.57 Å². The second kappa shape index (κ2) is 9.90. The van der Waals surface area contributed by atoms with Crippen LogP contribution in [0, 0.1) is 0 Å². The Morgan fingerprint density at radius 1 is 1.39 bits per heavy atom. The number of nitrogens with zero attached hydrogens (tertiary/aromatic N) is 4. The highest BCUT2D eigenvalue weighted by Crippen LogP contribution is 2.40. The highest BCUT2D eigenvalue weighted by molar-refractivity contribution is 8.00. The lowest BCUT2D eigenvalue weighted by Gasteiger charge is -2.49. The number of anilines is 1. The first-order valence-corrected chi connectivity index (χ1v) is 13.4. The van der Waals surface area contributed by atoms with Crippen molar-refractivity contribution < 1.29 is 28.9 Å². The van der Waals surface area contributed by atoms with Crippen LogP contribution in [-0.4, -0.2) is 62.8 Å². The summed E-state index contributed by atoms with van der Waals surface area (Å²) in [6.07, 6.45) is 6.20. The average Bonchev–Trinajstić information content (AvgIpc) is 3.31. The number of aliphatic carboxylic acids is 1. The van der Waals surface area contributed by atoms with Crippen molar-refractivity contribution in [1.29, 1.82) is 0 Å². The van der Waals surface area contributed by atoms with Gasteiger partial charge in [-0.15, -0.1) is 23.1 Å². The third kappa shape index (κ3) is 4.32. The lowest BCUT2D eigenvalue weighted by molar-refractivity contribution is -0.697. The number of amides is 2. The molecule has 2 aliphatic heterocycles. The zero-order valence-electron chi connectivity index (χ0n) is 19.5. The zero-order chi connectivity index (χ0) is 25.4. The van der Waals surface area contributed by atoms with Gasteiger partial charge >= 0.3 is 5.97 Å². The number of thioether (sulfide) groups is 1. The minimum absolute atomic E-state index is 0.00628. The first kappa shape index (κ1) is 24.3. The van der Waals surface area contributed by atoms with Crippen molar-refractivity contribution in [2.45, 2.75) is 43.6 Å². The summed E-state index contributed by atoms with van der Waals surface area (Å²) in [7, 11) is 1.30. The standard InChI is InChI=1S/C23H24N6O5S2/c1-34-27-16(14-11-36-23(24)25-14)19(30)26-17-20(31)29-18(22(32)33)13(10-35-21(17)29)9-28-8-4-6-12-5-2-3-7-15(12)28/h4,6,8,11,17,21H,2-3,5,7,9-10H2,1H3,(H3-,24,25,26,30,32,33)/p+1/b27-16+/t17-,21-/m1/s1. The second-order valence-electron chi connectivity index (χ2n) is 8.63. The molecule has 2 atom stereocenters. The maximum Gasteiger partial charge on any atom is 0.352 e. The first-order valence-electron chi connectivity index (χ1n) is 11.4. The molecule has 5 rings (SSSR count). The predicted molar refractivity (Wildman–Crippen MR) is 133 cm³/mol. The molecule has 4 N–H and O–H groups in total. The van der Waals surface area contributed by atoms with Crippen molar-refractivity contribution >= 4 is 51.7 Å². The molecule has 2 aromatic rings. The van der Waals surface area contributed by atoms with Crippen LogP contribution in [0.3, 0.4) is 0 Å². The average molecular weight is 530 g/mol. The fourth-order valence-electron chi connectivity index (χ4n) is 4.83. The molecule has 188 valence electrons. The third-order valence-electron chi connectivity index (χ3n) is 6.45.